The molecule has 0 radical (unpaired) electrons. The number of carbonyl (C=O) groups excluding carboxylic acids is 1. The first-order valence-electron chi connectivity index (χ1n) is 8.86. The average molecular weight is 387 g/mol. The lowest BCUT2D eigenvalue weighted by Crippen LogP contribution is -2.39. The molecule has 0 aromatic heterocycles. The van der Waals surface area contributed by atoms with Crippen LogP contribution in [-0.2, 0) is 20.9 Å². The summed E-state index contributed by atoms with van der Waals surface area (Å²) in [5.74, 6) is -0.0922. The van der Waals surface area contributed by atoms with Crippen molar-refractivity contribution in [2.75, 3.05) is 20.3 Å². The number of oxime groups is 1. The molecule has 1 amide bonds. The number of carbonyl (C=O) groups is 1. The molecular weight excluding hydrogens is 364 g/mol. The molecule has 1 heterocycles. The molecule has 1 aliphatic heterocycles. The van der Waals surface area contributed by atoms with E-state index in [0.717, 1.165) is 22.4 Å². The van der Waals surface area contributed by atoms with Crippen LogP contribution in [0, 0.1) is 6.92 Å². The number of ether oxygens (including phenoxy) is 1. The molecule has 0 saturated carbocycles. The number of nitrogens with zero attached hydrogens (tertiary/aromatic N) is 2. The minimum absolute atomic E-state index is 0.0266. The van der Waals surface area contributed by atoms with Gasteiger partial charge >= 0.3 is 0 Å². The third-order valence-corrected chi connectivity index (χ3v) is 4.73. The maximum absolute atomic E-state index is 12.5. The van der Waals surface area contributed by atoms with Crippen molar-refractivity contribution in [3.05, 3.63) is 70.2 Å². The lowest BCUT2D eigenvalue weighted by Gasteiger charge is -2.25. The molecular formula is C21H23ClN2O3. The van der Waals surface area contributed by atoms with E-state index in [2.05, 4.69) is 18.1 Å². The van der Waals surface area contributed by atoms with Crippen molar-refractivity contribution in [1.29, 1.82) is 0 Å². The van der Waals surface area contributed by atoms with Gasteiger partial charge in [0.25, 0.3) is 0 Å². The van der Waals surface area contributed by atoms with Crippen molar-refractivity contribution in [2.45, 2.75) is 26.0 Å². The fourth-order valence-electron chi connectivity index (χ4n) is 3.15. The van der Waals surface area contributed by atoms with Crippen molar-refractivity contribution >= 4 is 23.2 Å². The first-order valence-corrected chi connectivity index (χ1v) is 9.24. The summed E-state index contributed by atoms with van der Waals surface area (Å²) in [6.07, 6.45) is 0.483. The van der Waals surface area contributed by atoms with Crippen LogP contribution in [0.5, 0.6) is 0 Å². The lowest BCUT2D eigenvalue weighted by atomic mass is 10.0. The van der Waals surface area contributed by atoms with Crippen LogP contribution < -0.4 is 0 Å². The standard InChI is InChI=1S/C21H23ClN2O3/c1-15-6-3-4-9-19(15)20-11-18(27-23-20)13-24(21(25)14-26-2)12-16-7-5-8-17(22)10-16/h3-10,18H,11-14H2,1-2H3/t18-/m1/s1. The first kappa shape index (κ1) is 19.4. The quantitative estimate of drug-likeness (QED) is 0.726. The van der Waals surface area contributed by atoms with E-state index in [1.54, 1.807) is 4.90 Å². The topological polar surface area (TPSA) is 51.1 Å². The van der Waals surface area contributed by atoms with Crippen molar-refractivity contribution in [1.82, 2.24) is 4.90 Å². The predicted octanol–water partition coefficient (Wildman–Crippen LogP) is 3.82. The Hall–Kier alpha value is -2.37. The molecule has 2 aromatic rings. The molecule has 0 saturated heterocycles. The molecule has 1 atom stereocenters. The van der Waals surface area contributed by atoms with Crippen LogP contribution in [0.15, 0.2) is 53.7 Å². The Bertz CT molecular complexity index is 838. The van der Waals surface area contributed by atoms with Gasteiger partial charge in [0.1, 0.15) is 6.61 Å². The molecule has 0 bridgehead atoms. The van der Waals surface area contributed by atoms with Gasteiger partial charge < -0.3 is 14.5 Å². The average Bonchev–Trinajstić information content (AvgIpc) is 3.10. The van der Waals surface area contributed by atoms with Crippen LogP contribution in [0.1, 0.15) is 23.1 Å². The molecule has 0 spiro atoms. The Morgan fingerprint density at radius 2 is 2.11 bits per heavy atom. The fourth-order valence-corrected chi connectivity index (χ4v) is 3.37. The van der Waals surface area contributed by atoms with Crippen LogP contribution in [0.4, 0.5) is 0 Å². The van der Waals surface area contributed by atoms with E-state index in [-0.39, 0.29) is 18.6 Å². The monoisotopic (exact) mass is 386 g/mol. The van der Waals surface area contributed by atoms with Gasteiger partial charge in [0, 0.05) is 30.7 Å². The van der Waals surface area contributed by atoms with Gasteiger partial charge in [-0.3, -0.25) is 4.79 Å². The zero-order valence-corrected chi connectivity index (χ0v) is 16.3. The first-order chi connectivity index (χ1) is 13.1. The maximum atomic E-state index is 12.5. The van der Waals surface area contributed by atoms with Crippen molar-refractivity contribution in [3.8, 4) is 0 Å². The third-order valence-electron chi connectivity index (χ3n) is 4.50. The number of rotatable bonds is 7. The van der Waals surface area contributed by atoms with E-state index < -0.39 is 0 Å². The summed E-state index contributed by atoms with van der Waals surface area (Å²) in [4.78, 5) is 19.9. The van der Waals surface area contributed by atoms with E-state index in [1.807, 2.05) is 42.5 Å². The minimum atomic E-state index is -0.181. The summed E-state index contributed by atoms with van der Waals surface area (Å²) in [6, 6.07) is 15.6. The van der Waals surface area contributed by atoms with Gasteiger partial charge in [-0.15, -0.1) is 0 Å². The normalized spacial score (nSPS) is 16.0. The van der Waals surface area contributed by atoms with Gasteiger partial charge in [0.2, 0.25) is 5.91 Å². The van der Waals surface area contributed by atoms with E-state index in [9.17, 15) is 4.79 Å². The zero-order valence-electron chi connectivity index (χ0n) is 15.5. The summed E-state index contributed by atoms with van der Waals surface area (Å²) >= 11 is 6.07. The Labute approximate surface area is 164 Å². The largest absolute Gasteiger partial charge is 0.390 e. The molecule has 0 N–H and O–H groups in total. The van der Waals surface area contributed by atoms with Crippen LogP contribution >= 0.6 is 11.6 Å². The number of methoxy groups -OCH3 is 1. The SMILES string of the molecule is COCC(=O)N(Cc1cccc(Cl)c1)C[C@H]1CC(c2ccccc2C)=NO1. The van der Waals surface area contributed by atoms with Crippen LogP contribution in [0.2, 0.25) is 5.02 Å². The molecule has 27 heavy (non-hydrogen) atoms. The number of benzene rings is 2. The summed E-state index contributed by atoms with van der Waals surface area (Å²) in [5, 5.41) is 4.90. The Morgan fingerprint density at radius 3 is 2.85 bits per heavy atom. The highest BCUT2D eigenvalue weighted by atomic mass is 35.5. The molecule has 1 aliphatic rings. The summed E-state index contributed by atoms with van der Waals surface area (Å²) in [7, 11) is 1.51. The molecule has 5 nitrogen and oxygen atoms in total. The Kier molecular flexibility index (Phi) is 6.48. The van der Waals surface area contributed by atoms with Gasteiger partial charge in [-0.1, -0.05) is 53.2 Å². The number of hydrogen-bond donors (Lipinski definition) is 0. The third kappa shape index (κ3) is 5.08. The molecule has 6 heteroatoms. The van der Waals surface area contributed by atoms with Crippen molar-refractivity contribution in [3.63, 3.8) is 0 Å². The number of halogens is 1. The molecule has 2 aromatic carbocycles. The fraction of sp³-hybridized carbons (Fsp3) is 0.333. The van der Waals surface area contributed by atoms with Crippen molar-refractivity contribution < 1.29 is 14.4 Å². The molecule has 0 fully saturated rings. The lowest BCUT2D eigenvalue weighted by molar-refractivity contribution is -0.137. The predicted molar refractivity (Wildman–Crippen MR) is 106 cm³/mol. The molecule has 0 unspecified atom stereocenters. The minimum Gasteiger partial charge on any atom is -0.390 e. The van der Waals surface area contributed by atoms with Gasteiger partial charge in [-0.05, 0) is 30.2 Å². The molecule has 142 valence electrons. The second-order valence-corrected chi connectivity index (χ2v) is 7.06. The summed E-state index contributed by atoms with van der Waals surface area (Å²) < 4.78 is 5.03. The Balaban J connectivity index is 1.68. The summed E-state index contributed by atoms with van der Waals surface area (Å²) in [5.41, 5.74) is 4.13. The smallest absolute Gasteiger partial charge is 0.248 e. The van der Waals surface area contributed by atoms with Gasteiger partial charge in [-0.25, -0.2) is 0 Å². The van der Waals surface area contributed by atoms with Gasteiger partial charge in [0.15, 0.2) is 6.10 Å². The van der Waals surface area contributed by atoms with E-state index in [4.69, 9.17) is 21.2 Å². The highest BCUT2D eigenvalue weighted by Gasteiger charge is 2.27. The number of aryl methyl sites for hydroxylation is 1. The van der Waals surface area contributed by atoms with Crippen LogP contribution in [0.3, 0.4) is 0 Å². The number of amides is 1. The van der Waals surface area contributed by atoms with E-state index in [1.165, 1.54) is 7.11 Å². The zero-order chi connectivity index (χ0) is 19.2. The second kappa shape index (κ2) is 9.02. The van der Waals surface area contributed by atoms with E-state index >= 15 is 0 Å². The maximum Gasteiger partial charge on any atom is 0.248 e. The van der Waals surface area contributed by atoms with Crippen LogP contribution in [-0.4, -0.2) is 42.9 Å². The Morgan fingerprint density at radius 1 is 1.30 bits per heavy atom. The van der Waals surface area contributed by atoms with Crippen LogP contribution in [0.25, 0.3) is 0 Å². The molecule has 0 aliphatic carbocycles. The second-order valence-electron chi connectivity index (χ2n) is 6.62. The highest BCUT2D eigenvalue weighted by Crippen LogP contribution is 2.21. The van der Waals surface area contributed by atoms with Gasteiger partial charge in [0.05, 0.1) is 12.3 Å². The summed E-state index contributed by atoms with van der Waals surface area (Å²) in [6.45, 7) is 2.97. The molecule has 3 rings (SSSR count). The van der Waals surface area contributed by atoms with Gasteiger partial charge in [-0.2, -0.15) is 0 Å². The van der Waals surface area contributed by atoms with E-state index in [0.29, 0.717) is 24.5 Å². The number of hydrogen-bond acceptors (Lipinski definition) is 4. The highest BCUT2D eigenvalue weighted by molar-refractivity contribution is 6.30. The van der Waals surface area contributed by atoms with Crippen molar-refractivity contribution in [2.24, 2.45) is 5.16 Å².